The zero-order chi connectivity index (χ0) is 11.9. The first kappa shape index (κ1) is 11.7. The average molecular weight is 226 g/mol. The van der Waals surface area contributed by atoms with Crippen LogP contribution in [0.15, 0.2) is 0 Å². The molecule has 0 radical (unpaired) electrons. The molecule has 2 N–H and O–H groups in total. The third-order valence-electron chi connectivity index (χ3n) is 3.74. The lowest BCUT2D eigenvalue weighted by atomic mass is 9.94. The number of carbonyl (C=O) groups is 1. The van der Waals surface area contributed by atoms with Crippen molar-refractivity contribution in [2.75, 3.05) is 0 Å². The average Bonchev–Trinajstić information content (AvgIpc) is 2.42. The topological polar surface area (TPSA) is 52.6 Å². The largest absolute Gasteiger partial charge is 0.465 e. The van der Waals surface area contributed by atoms with Crippen LogP contribution in [0.1, 0.15) is 46.5 Å². The molecule has 2 aliphatic heterocycles. The van der Waals surface area contributed by atoms with E-state index in [4.69, 9.17) is 0 Å². The molecule has 0 saturated carbocycles. The molecule has 0 spiro atoms. The van der Waals surface area contributed by atoms with Gasteiger partial charge in [-0.25, -0.2) is 4.79 Å². The summed E-state index contributed by atoms with van der Waals surface area (Å²) in [6.45, 7) is 5.93. The molecule has 92 valence electrons. The van der Waals surface area contributed by atoms with Crippen molar-refractivity contribution >= 4 is 6.09 Å². The van der Waals surface area contributed by atoms with E-state index in [1.807, 2.05) is 20.8 Å². The maximum absolute atomic E-state index is 11.4. The third kappa shape index (κ3) is 2.17. The number of piperidine rings is 1. The van der Waals surface area contributed by atoms with Crippen LogP contribution in [0.4, 0.5) is 4.79 Å². The van der Waals surface area contributed by atoms with Gasteiger partial charge in [0.05, 0.1) is 0 Å². The van der Waals surface area contributed by atoms with Gasteiger partial charge in [-0.2, -0.15) is 0 Å². The monoisotopic (exact) mass is 226 g/mol. The summed E-state index contributed by atoms with van der Waals surface area (Å²) >= 11 is 0. The molecule has 0 aromatic carbocycles. The molecule has 2 aliphatic rings. The lowest BCUT2D eigenvalue weighted by Crippen LogP contribution is -2.56. The number of nitrogens with one attached hydrogen (secondary N) is 1. The van der Waals surface area contributed by atoms with E-state index in [9.17, 15) is 9.90 Å². The summed E-state index contributed by atoms with van der Waals surface area (Å²) in [4.78, 5) is 13.0. The molecular formula is C12H22N2O2. The number of hydrogen-bond acceptors (Lipinski definition) is 2. The van der Waals surface area contributed by atoms with Crippen molar-refractivity contribution in [3.63, 3.8) is 0 Å². The molecule has 3 atom stereocenters. The number of rotatable bonds is 1. The van der Waals surface area contributed by atoms with Crippen LogP contribution in [-0.2, 0) is 0 Å². The van der Waals surface area contributed by atoms with Crippen LogP contribution in [0.3, 0.4) is 0 Å². The van der Waals surface area contributed by atoms with Crippen molar-refractivity contribution < 1.29 is 9.90 Å². The first-order valence-electron chi connectivity index (χ1n) is 6.16. The second kappa shape index (κ2) is 3.91. The Kier molecular flexibility index (Phi) is 2.86. The Morgan fingerprint density at radius 3 is 2.12 bits per heavy atom. The summed E-state index contributed by atoms with van der Waals surface area (Å²) in [7, 11) is 0. The van der Waals surface area contributed by atoms with Crippen molar-refractivity contribution in [2.24, 2.45) is 0 Å². The number of amides is 1. The number of nitrogens with zero attached hydrogens (tertiary/aromatic N) is 1. The first-order valence-corrected chi connectivity index (χ1v) is 6.16. The number of fused-ring (bicyclic) bond motifs is 2. The van der Waals surface area contributed by atoms with Crippen molar-refractivity contribution in [1.29, 1.82) is 0 Å². The fourth-order valence-electron chi connectivity index (χ4n) is 3.23. The van der Waals surface area contributed by atoms with E-state index in [1.165, 1.54) is 12.8 Å². The van der Waals surface area contributed by atoms with Crippen molar-refractivity contribution in [2.45, 2.75) is 70.1 Å². The fourth-order valence-corrected chi connectivity index (χ4v) is 3.23. The van der Waals surface area contributed by atoms with E-state index in [0.29, 0.717) is 12.1 Å². The summed E-state index contributed by atoms with van der Waals surface area (Å²) in [6, 6.07) is 1.26. The third-order valence-corrected chi connectivity index (χ3v) is 3.74. The molecule has 0 aromatic heterocycles. The predicted molar refractivity (Wildman–Crippen MR) is 62.6 cm³/mol. The van der Waals surface area contributed by atoms with Crippen molar-refractivity contribution in [3.05, 3.63) is 0 Å². The Hall–Kier alpha value is -0.770. The number of hydrogen-bond donors (Lipinski definition) is 2. The van der Waals surface area contributed by atoms with Gasteiger partial charge in [-0.1, -0.05) is 0 Å². The van der Waals surface area contributed by atoms with E-state index in [-0.39, 0.29) is 11.6 Å². The summed E-state index contributed by atoms with van der Waals surface area (Å²) in [5.74, 6) is 0. The van der Waals surface area contributed by atoms with Crippen LogP contribution in [0.25, 0.3) is 0 Å². The van der Waals surface area contributed by atoms with E-state index >= 15 is 0 Å². The normalized spacial score (nSPS) is 33.8. The smallest absolute Gasteiger partial charge is 0.407 e. The molecule has 1 unspecified atom stereocenters. The van der Waals surface area contributed by atoms with Gasteiger partial charge in [0.2, 0.25) is 0 Å². The van der Waals surface area contributed by atoms with Crippen LogP contribution in [0.2, 0.25) is 0 Å². The minimum absolute atomic E-state index is 0.191. The Morgan fingerprint density at radius 1 is 1.25 bits per heavy atom. The van der Waals surface area contributed by atoms with Crippen LogP contribution in [-0.4, -0.2) is 39.8 Å². The van der Waals surface area contributed by atoms with Crippen molar-refractivity contribution in [3.8, 4) is 0 Å². The summed E-state index contributed by atoms with van der Waals surface area (Å²) < 4.78 is 0. The Morgan fingerprint density at radius 2 is 1.75 bits per heavy atom. The molecular weight excluding hydrogens is 204 g/mol. The molecule has 2 rings (SSSR count). The lowest BCUT2D eigenvalue weighted by molar-refractivity contribution is 0.0521. The summed E-state index contributed by atoms with van der Waals surface area (Å²) in [6.07, 6.45) is 3.58. The van der Waals surface area contributed by atoms with Gasteiger partial charge in [-0.05, 0) is 46.5 Å². The molecule has 2 fully saturated rings. The van der Waals surface area contributed by atoms with E-state index < -0.39 is 6.09 Å². The van der Waals surface area contributed by atoms with Crippen LogP contribution < -0.4 is 5.32 Å². The van der Waals surface area contributed by atoms with Crippen molar-refractivity contribution in [1.82, 2.24) is 10.2 Å². The molecule has 2 saturated heterocycles. The van der Waals surface area contributed by atoms with Crippen LogP contribution >= 0.6 is 0 Å². The highest BCUT2D eigenvalue weighted by atomic mass is 16.4. The SMILES string of the molecule is CC(C)(C)N(C(=O)O)C1C[C@H]2CC[C@@H](C1)N2. The molecule has 1 amide bonds. The highest BCUT2D eigenvalue weighted by Crippen LogP contribution is 2.32. The lowest BCUT2D eigenvalue weighted by Gasteiger charge is -2.43. The molecule has 16 heavy (non-hydrogen) atoms. The van der Waals surface area contributed by atoms with E-state index in [2.05, 4.69) is 5.32 Å². The maximum atomic E-state index is 11.4. The van der Waals surface area contributed by atoms with Crippen LogP contribution in [0.5, 0.6) is 0 Å². The Balaban J connectivity index is 2.12. The van der Waals surface area contributed by atoms with E-state index in [1.54, 1.807) is 4.90 Å². The van der Waals surface area contributed by atoms with E-state index in [0.717, 1.165) is 12.8 Å². The van der Waals surface area contributed by atoms with Gasteiger partial charge in [0, 0.05) is 23.7 Å². The highest BCUT2D eigenvalue weighted by molar-refractivity contribution is 5.66. The second-order valence-electron chi connectivity index (χ2n) is 6.09. The molecule has 2 bridgehead atoms. The highest BCUT2D eigenvalue weighted by Gasteiger charge is 2.41. The Labute approximate surface area is 97.0 Å². The van der Waals surface area contributed by atoms with Gasteiger partial charge >= 0.3 is 6.09 Å². The van der Waals surface area contributed by atoms with Gasteiger partial charge < -0.3 is 15.3 Å². The minimum atomic E-state index is -0.779. The van der Waals surface area contributed by atoms with Crippen LogP contribution in [0, 0.1) is 0 Å². The quantitative estimate of drug-likeness (QED) is 0.719. The Bertz CT molecular complexity index is 273. The first-order chi connectivity index (χ1) is 7.38. The molecule has 0 aliphatic carbocycles. The second-order valence-corrected chi connectivity index (χ2v) is 6.09. The number of carboxylic acid groups (broad SMARTS) is 1. The van der Waals surface area contributed by atoms with Gasteiger partial charge in [-0.3, -0.25) is 0 Å². The fraction of sp³-hybridized carbons (Fsp3) is 0.917. The molecule has 2 heterocycles. The zero-order valence-corrected chi connectivity index (χ0v) is 10.4. The molecule has 4 nitrogen and oxygen atoms in total. The maximum Gasteiger partial charge on any atom is 0.407 e. The summed E-state index contributed by atoms with van der Waals surface area (Å²) in [5.41, 5.74) is -0.298. The standard InChI is InChI=1S/C12H22N2O2/c1-12(2,3)14(11(15)16)10-6-8-4-5-9(7-10)13-8/h8-10,13H,4-7H2,1-3H3,(H,15,16)/t8-,9+,10?. The molecule has 0 aromatic rings. The summed E-state index contributed by atoms with van der Waals surface area (Å²) in [5, 5.41) is 12.9. The predicted octanol–water partition coefficient (Wildman–Crippen LogP) is 2.05. The zero-order valence-electron chi connectivity index (χ0n) is 10.4. The van der Waals surface area contributed by atoms with Gasteiger partial charge in [0.15, 0.2) is 0 Å². The van der Waals surface area contributed by atoms with Gasteiger partial charge in [0.1, 0.15) is 0 Å². The molecule has 4 heteroatoms. The minimum Gasteiger partial charge on any atom is -0.465 e. The van der Waals surface area contributed by atoms with Gasteiger partial charge in [-0.15, -0.1) is 0 Å². The van der Waals surface area contributed by atoms with Gasteiger partial charge in [0.25, 0.3) is 0 Å².